The van der Waals surface area contributed by atoms with E-state index in [1.54, 1.807) is 0 Å². The van der Waals surface area contributed by atoms with E-state index in [4.69, 9.17) is 5.11 Å². The smallest absolute Gasteiger partial charge is 0.397 e. The predicted molar refractivity (Wildman–Crippen MR) is 102 cm³/mol. The van der Waals surface area contributed by atoms with Crippen LogP contribution >= 0.6 is 0 Å². The fourth-order valence-electron chi connectivity index (χ4n) is 4.05. The van der Waals surface area contributed by atoms with Crippen molar-refractivity contribution in [3.8, 4) is 0 Å². The molecular weight excluding hydrogens is 362 g/mol. The number of fused-ring (bicyclic) bond motifs is 2. The number of amidine groups is 1. The molecule has 9 heteroatoms. The summed E-state index contributed by atoms with van der Waals surface area (Å²) < 4.78 is 1.88. The van der Waals surface area contributed by atoms with E-state index in [0.717, 1.165) is 22.7 Å². The number of aryl methyl sites for hydroxylation is 1. The minimum absolute atomic E-state index is 0.251. The van der Waals surface area contributed by atoms with Crippen molar-refractivity contribution in [2.45, 2.75) is 19.9 Å². The number of amides is 3. The lowest BCUT2D eigenvalue weighted by Gasteiger charge is -2.34. The molecule has 2 atom stereocenters. The highest BCUT2D eigenvalue weighted by Crippen LogP contribution is 2.29. The van der Waals surface area contributed by atoms with E-state index in [-0.39, 0.29) is 5.92 Å². The number of anilines is 1. The van der Waals surface area contributed by atoms with Gasteiger partial charge in [-0.1, -0.05) is 30.1 Å². The van der Waals surface area contributed by atoms with Gasteiger partial charge in [-0.2, -0.15) is 0 Å². The van der Waals surface area contributed by atoms with Crippen molar-refractivity contribution < 1.29 is 24.1 Å². The van der Waals surface area contributed by atoms with Crippen molar-refractivity contribution in [3.05, 3.63) is 29.8 Å². The van der Waals surface area contributed by atoms with E-state index < -0.39 is 30.5 Å². The number of benzene rings is 1. The molecule has 0 bridgehead atoms. The molecular formula is C19H22N5O4+. The third kappa shape index (κ3) is 2.65. The van der Waals surface area contributed by atoms with Gasteiger partial charge in [-0.05, 0) is 18.6 Å². The molecule has 1 fully saturated rings. The Morgan fingerprint density at radius 2 is 2.04 bits per heavy atom. The Bertz CT molecular complexity index is 953. The molecule has 0 spiro atoms. The van der Waals surface area contributed by atoms with E-state index in [1.165, 1.54) is 11.9 Å². The number of hydrogen-bond acceptors (Lipinski definition) is 5. The molecule has 1 aromatic rings. The number of para-hydroxylation sites is 1. The van der Waals surface area contributed by atoms with E-state index in [0.29, 0.717) is 18.3 Å². The van der Waals surface area contributed by atoms with Crippen LogP contribution in [0.15, 0.2) is 29.3 Å². The standard InChI is InChI=1S/C19H21N5O4/c1-11-8-22(13-7-5-4-6-12(13)2)18-20-16-15(23(18)9-11)17(27)24(10-14(25)26)19(28)21(16)3/h4-7,11,15H,8-10H2,1-3H3/p+1. The van der Waals surface area contributed by atoms with Gasteiger partial charge in [0.2, 0.25) is 11.9 Å². The van der Waals surface area contributed by atoms with Gasteiger partial charge >= 0.3 is 18.0 Å². The number of carbonyl (C=O) groups is 3. The number of hydrogen-bond donors (Lipinski definition) is 1. The number of nitrogens with zero attached hydrogens (tertiary/aromatic N) is 5. The molecule has 3 amide bonds. The molecule has 0 aromatic heterocycles. The number of imide groups is 1. The fourth-order valence-corrected chi connectivity index (χ4v) is 4.05. The molecule has 9 nitrogen and oxygen atoms in total. The number of aliphatic carboxylic acids is 1. The van der Waals surface area contributed by atoms with Crippen LogP contribution in [-0.4, -0.2) is 81.9 Å². The van der Waals surface area contributed by atoms with Gasteiger partial charge in [-0.25, -0.2) is 19.2 Å². The number of urea groups is 1. The van der Waals surface area contributed by atoms with Crippen LogP contribution in [0.2, 0.25) is 0 Å². The molecule has 1 aromatic carbocycles. The van der Waals surface area contributed by atoms with Crippen LogP contribution in [0.3, 0.4) is 0 Å². The first-order chi connectivity index (χ1) is 13.3. The molecule has 0 radical (unpaired) electrons. The molecule has 3 aliphatic heterocycles. The summed E-state index contributed by atoms with van der Waals surface area (Å²) in [5.41, 5.74) is 2.09. The Labute approximate surface area is 162 Å². The quantitative estimate of drug-likeness (QED) is 0.769. The maximum absolute atomic E-state index is 13.0. The van der Waals surface area contributed by atoms with E-state index in [2.05, 4.69) is 16.8 Å². The Morgan fingerprint density at radius 1 is 1.32 bits per heavy atom. The van der Waals surface area contributed by atoms with Gasteiger partial charge in [0.15, 0.2) is 0 Å². The zero-order valence-electron chi connectivity index (χ0n) is 16.0. The largest absolute Gasteiger partial charge is 0.480 e. The maximum Gasteiger partial charge on any atom is 0.397 e. The summed E-state index contributed by atoms with van der Waals surface area (Å²) in [5, 5.41) is 9.10. The molecule has 0 saturated carbocycles. The zero-order chi connectivity index (χ0) is 20.2. The van der Waals surface area contributed by atoms with E-state index >= 15 is 0 Å². The van der Waals surface area contributed by atoms with Crippen LogP contribution in [0, 0.1) is 12.8 Å². The number of guanidine groups is 1. The Kier molecular flexibility index (Phi) is 4.17. The second-order valence-electron chi connectivity index (χ2n) is 7.49. The first-order valence-corrected chi connectivity index (χ1v) is 9.15. The predicted octanol–water partition coefficient (Wildman–Crippen LogP) is 0.579. The van der Waals surface area contributed by atoms with Crippen LogP contribution in [0.1, 0.15) is 12.5 Å². The number of carbonyl (C=O) groups excluding carboxylic acids is 2. The minimum Gasteiger partial charge on any atom is -0.480 e. The second-order valence-corrected chi connectivity index (χ2v) is 7.49. The first kappa shape index (κ1) is 18.1. The summed E-state index contributed by atoms with van der Waals surface area (Å²) in [4.78, 5) is 45.5. The number of carboxylic acids is 1. The summed E-state index contributed by atoms with van der Waals surface area (Å²) in [7, 11) is 1.52. The summed E-state index contributed by atoms with van der Waals surface area (Å²) in [6.07, 6.45) is 0. The highest BCUT2D eigenvalue weighted by atomic mass is 16.4. The summed E-state index contributed by atoms with van der Waals surface area (Å²) in [6.45, 7) is 4.79. The third-order valence-electron chi connectivity index (χ3n) is 5.33. The average Bonchev–Trinajstić information content (AvgIpc) is 3.02. The summed E-state index contributed by atoms with van der Waals surface area (Å²) in [6, 6.07) is 6.49. The zero-order valence-corrected chi connectivity index (χ0v) is 16.0. The van der Waals surface area contributed by atoms with Gasteiger partial charge in [-0.3, -0.25) is 14.5 Å². The Balaban J connectivity index is 1.80. The van der Waals surface area contributed by atoms with Gasteiger partial charge < -0.3 is 5.11 Å². The number of rotatable bonds is 3. The number of carboxylic acid groups (broad SMARTS) is 1. The summed E-state index contributed by atoms with van der Waals surface area (Å²) in [5.74, 6) is -0.553. The number of likely N-dealkylation sites (N-methyl/N-ethyl adjacent to an activating group) is 1. The Morgan fingerprint density at radius 3 is 2.71 bits per heavy atom. The molecule has 146 valence electrons. The van der Waals surface area contributed by atoms with Crippen LogP contribution < -0.4 is 4.90 Å². The second kappa shape index (κ2) is 6.43. The van der Waals surface area contributed by atoms with Crippen molar-refractivity contribution in [3.63, 3.8) is 0 Å². The lowest BCUT2D eigenvalue weighted by Crippen LogP contribution is -2.64. The highest BCUT2D eigenvalue weighted by molar-refractivity contribution is 6.24. The van der Waals surface area contributed by atoms with Crippen LogP contribution in [0.4, 0.5) is 10.5 Å². The van der Waals surface area contributed by atoms with Gasteiger partial charge in [0.25, 0.3) is 5.91 Å². The molecule has 0 aliphatic carbocycles. The third-order valence-corrected chi connectivity index (χ3v) is 5.33. The lowest BCUT2D eigenvalue weighted by atomic mass is 10.1. The fraction of sp³-hybridized carbons (Fsp3) is 0.421. The number of aliphatic imine (C=N–C) groups is 1. The molecule has 4 rings (SSSR count). The Hall–Kier alpha value is -3.23. The molecule has 28 heavy (non-hydrogen) atoms. The van der Waals surface area contributed by atoms with Gasteiger partial charge in [0, 0.05) is 13.0 Å². The lowest BCUT2D eigenvalue weighted by molar-refractivity contribution is -0.545. The van der Waals surface area contributed by atoms with Crippen LogP contribution in [-0.2, 0) is 9.59 Å². The molecule has 3 heterocycles. The molecule has 1 N–H and O–H groups in total. The van der Waals surface area contributed by atoms with Crippen molar-refractivity contribution in [1.82, 2.24) is 9.80 Å². The van der Waals surface area contributed by atoms with Crippen molar-refractivity contribution in [2.75, 3.05) is 31.6 Å². The monoisotopic (exact) mass is 384 g/mol. The SMILES string of the molecule is Cc1ccccc1N1CC(C)C[N+]2=C1N=C1C2C(=O)N(CC(=O)O)C(=O)N1C. The first-order valence-electron chi connectivity index (χ1n) is 9.15. The molecule has 3 aliphatic rings. The van der Waals surface area contributed by atoms with E-state index in [1.807, 2.05) is 35.8 Å². The summed E-state index contributed by atoms with van der Waals surface area (Å²) >= 11 is 0. The molecule has 2 unspecified atom stereocenters. The molecule has 1 saturated heterocycles. The topological polar surface area (TPSA) is 96.5 Å². The van der Waals surface area contributed by atoms with Crippen molar-refractivity contribution in [1.29, 1.82) is 0 Å². The normalized spacial score (nSPS) is 24.4. The minimum atomic E-state index is -1.23. The highest BCUT2D eigenvalue weighted by Gasteiger charge is 2.55. The van der Waals surface area contributed by atoms with Crippen molar-refractivity contribution in [2.24, 2.45) is 10.9 Å². The average molecular weight is 384 g/mol. The van der Waals surface area contributed by atoms with Gasteiger partial charge in [0.05, 0.1) is 13.1 Å². The van der Waals surface area contributed by atoms with E-state index in [9.17, 15) is 14.4 Å². The van der Waals surface area contributed by atoms with Gasteiger partial charge in [-0.15, -0.1) is 0 Å². The van der Waals surface area contributed by atoms with Crippen molar-refractivity contribution >= 4 is 35.4 Å². The van der Waals surface area contributed by atoms with Gasteiger partial charge in [0.1, 0.15) is 12.2 Å². The maximum atomic E-state index is 13.0. The van der Waals surface area contributed by atoms with Crippen LogP contribution in [0.25, 0.3) is 0 Å². The van der Waals surface area contributed by atoms with Crippen LogP contribution in [0.5, 0.6) is 0 Å².